The number of nitrogens with zero attached hydrogens (tertiary/aromatic N) is 2. The molecule has 0 aromatic heterocycles. The van der Waals surface area contributed by atoms with Crippen LogP contribution in [0.3, 0.4) is 0 Å². The molecule has 1 fully saturated rings. The van der Waals surface area contributed by atoms with Gasteiger partial charge in [0.15, 0.2) is 5.96 Å². The molecule has 2 atom stereocenters. The Hall–Kier alpha value is -1.56. The van der Waals surface area contributed by atoms with Crippen molar-refractivity contribution in [3.63, 3.8) is 0 Å². The molecule has 0 radical (unpaired) electrons. The third-order valence-electron chi connectivity index (χ3n) is 4.41. The van der Waals surface area contributed by atoms with Crippen molar-refractivity contribution in [2.45, 2.75) is 19.8 Å². The fourth-order valence-corrected chi connectivity index (χ4v) is 3.06. The highest BCUT2D eigenvalue weighted by atomic mass is 16.5. The zero-order chi connectivity index (χ0) is 15.9. The molecule has 0 aliphatic carbocycles. The maximum atomic E-state index is 11.8. The highest BCUT2D eigenvalue weighted by Gasteiger charge is 2.36. The molecule has 22 heavy (non-hydrogen) atoms. The topological polar surface area (TPSA) is 63.2 Å². The average molecular weight is 309 g/mol. The summed E-state index contributed by atoms with van der Waals surface area (Å²) in [6, 6.07) is 0. The molecule has 2 unspecified atom stereocenters. The number of hydrogen-bond donors (Lipinski definition) is 1. The normalized spacial score (nSPS) is 25.9. The number of likely N-dealkylation sites (tertiary alicyclic amines) is 1. The van der Waals surface area contributed by atoms with Crippen LogP contribution in [0.4, 0.5) is 0 Å². The fraction of sp³-hybridized carbons (Fsp3) is 0.750. The van der Waals surface area contributed by atoms with Crippen LogP contribution < -0.4 is 5.32 Å². The lowest BCUT2D eigenvalue weighted by Crippen LogP contribution is -2.41. The van der Waals surface area contributed by atoms with E-state index in [4.69, 9.17) is 9.47 Å². The van der Waals surface area contributed by atoms with Crippen molar-refractivity contribution in [3.05, 3.63) is 11.6 Å². The molecule has 2 rings (SSSR count). The molecule has 0 bridgehead atoms. The molecule has 0 aromatic carbocycles. The Morgan fingerprint density at radius 2 is 2.36 bits per heavy atom. The molecule has 6 heteroatoms. The van der Waals surface area contributed by atoms with Crippen molar-refractivity contribution >= 4 is 11.9 Å². The summed E-state index contributed by atoms with van der Waals surface area (Å²) in [5, 5.41) is 3.40. The predicted molar refractivity (Wildman–Crippen MR) is 85.7 cm³/mol. The van der Waals surface area contributed by atoms with Gasteiger partial charge in [-0.05, 0) is 18.8 Å². The molecule has 1 N–H and O–H groups in total. The van der Waals surface area contributed by atoms with Crippen LogP contribution in [0.15, 0.2) is 16.6 Å². The van der Waals surface area contributed by atoms with Gasteiger partial charge in [-0.2, -0.15) is 0 Å². The summed E-state index contributed by atoms with van der Waals surface area (Å²) < 4.78 is 10.2. The van der Waals surface area contributed by atoms with Crippen LogP contribution in [-0.2, 0) is 14.3 Å². The number of carbonyl (C=O) groups is 1. The van der Waals surface area contributed by atoms with E-state index in [-0.39, 0.29) is 17.8 Å². The highest BCUT2D eigenvalue weighted by molar-refractivity contribution is 5.82. The first-order valence-corrected chi connectivity index (χ1v) is 7.94. The van der Waals surface area contributed by atoms with Crippen molar-refractivity contribution in [1.29, 1.82) is 0 Å². The van der Waals surface area contributed by atoms with Crippen molar-refractivity contribution in [1.82, 2.24) is 10.2 Å². The fourth-order valence-electron chi connectivity index (χ4n) is 3.06. The van der Waals surface area contributed by atoms with Gasteiger partial charge in [-0.1, -0.05) is 18.6 Å². The molecule has 2 aliphatic heterocycles. The molecular formula is C16H27N3O3. The number of methoxy groups -OCH3 is 1. The van der Waals surface area contributed by atoms with Crippen LogP contribution in [0.2, 0.25) is 0 Å². The van der Waals surface area contributed by atoms with Gasteiger partial charge in [-0.3, -0.25) is 9.79 Å². The van der Waals surface area contributed by atoms with E-state index in [0.29, 0.717) is 6.54 Å². The zero-order valence-electron chi connectivity index (χ0n) is 13.8. The molecule has 6 nitrogen and oxygen atoms in total. The number of ether oxygens (including phenoxy) is 2. The summed E-state index contributed by atoms with van der Waals surface area (Å²) in [6.07, 6.45) is 4.19. The second kappa shape index (κ2) is 8.17. The molecule has 124 valence electrons. The number of rotatable bonds is 4. The average Bonchev–Trinajstić information content (AvgIpc) is 2.93. The number of esters is 1. The second-order valence-corrected chi connectivity index (χ2v) is 5.92. The van der Waals surface area contributed by atoms with E-state index in [1.165, 1.54) is 12.7 Å². The Bertz CT molecular complexity index is 448. The molecular weight excluding hydrogens is 282 g/mol. The summed E-state index contributed by atoms with van der Waals surface area (Å²) >= 11 is 0. The Morgan fingerprint density at radius 1 is 1.55 bits per heavy atom. The van der Waals surface area contributed by atoms with Gasteiger partial charge in [-0.25, -0.2) is 0 Å². The van der Waals surface area contributed by atoms with E-state index >= 15 is 0 Å². The zero-order valence-corrected chi connectivity index (χ0v) is 13.8. The van der Waals surface area contributed by atoms with Crippen LogP contribution in [0.5, 0.6) is 0 Å². The molecule has 2 aliphatic rings. The van der Waals surface area contributed by atoms with Crippen molar-refractivity contribution in [2.75, 3.05) is 47.0 Å². The summed E-state index contributed by atoms with van der Waals surface area (Å²) in [6.45, 7) is 5.99. The van der Waals surface area contributed by atoms with Crippen LogP contribution >= 0.6 is 0 Å². The van der Waals surface area contributed by atoms with E-state index < -0.39 is 0 Å². The lowest BCUT2D eigenvalue weighted by Gasteiger charge is -2.22. The summed E-state index contributed by atoms with van der Waals surface area (Å²) in [5.74, 6) is 0.953. The van der Waals surface area contributed by atoms with E-state index in [1.807, 2.05) is 0 Å². The molecule has 0 saturated carbocycles. The van der Waals surface area contributed by atoms with Crippen LogP contribution in [-0.4, -0.2) is 63.8 Å². The SMILES string of the molecule is CN=C(NCCC1=CCOCC1)N1CC(C)C(C(=O)OC)C1. The van der Waals surface area contributed by atoms with Gasteiger partial charge in [0.2, 0.25) is 0 Å². The molecule has 2 heterocycles. The monoisotopic (exact) mass is 309 g/mol. The number of nitrogens with one attached hydrogen (secondary N) is 1. The van der Waals surface area contributed by atoms with Gasteiger partial charge in [0.25, 0.3) is 0 Å². The van der Waals surface area contributed by atoms with Crippen LogP contribution in [0.25, 0.3) is 0 Å². The van der Waals surface area contributed by atoms with Crippen molar-refractivity contribution in [3.8, 4) is 0 Å². The highest BCUT2D eigenvalue weighted by Crippen LogP contribution is 2.24. The third-order valence-corrected chi connectivity index (χ3v) is 4.41. The van der Waals surface area contributed by atoms with Gasteiger partial charge in [-0.15, -0.1) is 0 Å². The second-order valence-electron chi connectivity index (χ2n) is 5.92. The van der Waals surface area contributed by atoms with Crippen molar-refractivity contribution < 1.29 is 14.3 Å². The van der Waals surface area contributed by atoms with Crippen LogP contribution in [0, 0.1) is 11.8 Å². The molecule has 0 aromatic rings. The minimum atomic E-state index is -0.127. The first-order valence-electron chi connectivity index (χ1n) is 7.94. The molecule has 1 saturated heterocycles. The number of hydrogen-bond acceptors (Lipinski definition) is 4. The minimum absolute atomic E-state index is 0.0678. The minimum Gasteiger partial charge on any atom is -0.469 e. The maximum Gasteiger partial charge on any atom is 0.310 e. The van der Waals surface area contributed by atoms with Gasteiger partial charge in [0, 0.05) is 26.7 Å². The van der Waals surface area contributed by atoms with Gasteiger partial charge in [0.1, 0.15) is 0 Å². The Kier molecular flexibility index (Phi) is 6.24. The summed E-state index contributed by atoms with van der Waals surface area (Å²) in [4.78, 5) is 18.3. The maximum absolute atomic E-state index is 11.8. The number of aliphatic imine (C=N–C) groups is 1. The van der Waals surface area contributed by atoms with E-state index in [9.17, 15) is 4.79 Å². The third kappa shape index (κ3) is 4.22. The number of guanidine groups is 1. The number of carbonyl (C=O) groups excluding carboxylic acids is 1. The summed E-state index contributed by atoms with van der Waals surface area (Å²) in [7, 11) is 3.23. The Morgan fingerprint density at radius 3 is 3.00 bits per heavy atom. The summed E-state index contributed by atoms with van der Waals surface area (Å²) in [5.41, 5.74) is 1.44. The molecule has 0 spiro atoms. The smallest absolute Gasteiger partial charge is 0.310 e. The predicted octanol–water partition coefficient (Wildman–Crippen LogP) is 1.04. The lowest BCUT2D eigenvalue weighted by atomic mass is 9.99. The van der Waals surface area contributed by atoms with E-state index in [2.05, 4.69) is 28.2 Å². The quantitative estimate of drug-likeness (QED) is 0.364. The van der Waals surface area contributed by atoms with Gasteiger partial charge < -0.3 is 19.7 Å². The van der Waals surface area contributed by atoms with Gasteiger partial charge in [0.05, 0.1) is 26.2 Å². The van der Waals surface area contributed by atoms with Crippen LogP contribution in [0.1, 0.15) is 19.8 Å². The molecule has 0 amide bonds. The first-order chi connectivity index (χ1) is 10.7. The van der Waals surface area contributed by atoms with Crippen molar-refractivity contribution in [2.24, 2.45) is 16.8 Å². The van der Waals surface area contributed by atoms with E-state index in [0.717, 1.165) is 45.1 Å². The Balaban J connectivity index is 1.82. The lowest BCUT2D eigenvalue weighted by molar-refractivity contribution is -0.145. The van der Waals surface area contributed by atoms with E-state index in [1.54, 1.807) is 7.05 Å². The largest absolute Gasteiger partial charge is 0.469 e. The first kappa shape index (κ1) is 16.8. The van der Waals surface area contributed by atoms with Gasteiger partial charge >= 0.3 is 5.97 Å². The standard InChI is InChI=1S/C16H27N3O3/c1-12-10-19(11-14(12)15(20)21-3)16(17-2)18-7-4-13-5-8-22-9-6-13/h5,12,14H,4,6-11H2,1-3H3,(H,17,18). The Labute approximate surface area is 132 Å².